The van der Waals surface area contributed by atoms with E-state index < -0.39 is 29.9 Å². The normalized spacial score (nSPS) is 14.6. The lowest BCUT2D eigenvalue weighted by Gasteiger charge is -2.27. The highest BCUT2D eigenvalue weighted by Gasteiger charge is 2.41. The van der Waals surface area contributed by atoms with Gasteiger partial charge in [-0.3, -0.25) is 14.5 Å². The lowest BCUT2D eigenvalue weighted by Crippen LogP contribution is -2.46. The highest BCUT2D eigenvalue weighted by Crippen LogP contribution is 2.44. The maximum Gasteiger partial charge on any atom is 0.410 e. The standard InChI is InChI=1S/C29H26N2O6/c1-3-10-25(28(34)37-31-26(32)22-15-8-9-16-23(22)27(31)33)30(2)29(35)36-17-24-20-13-6-4-11-18(20)19-12-5-7-14-21(19)24/h4-9,11-16,24-25H,3,10,17H2,1-2H3/t25-/m0/s1. The molecule has 5 rings (SSSR count). The molecule has 0 bridgehead atoms. The molecule has 0 saturated heterocycles. The van der Waals surface area contributed by atoms with Crippen molar-refractivity contribution in [3.8, 4) is 11.1 Å². The number of benzene rings is 3. The quantitative estimate of drug-likeness (QED) is 0.435. The van der Waals surface area contributed by atoms with Crippen molar-refractivity contribution in [2.45, 2.75) is 31.7 Å². The van der Waals surface area contributed by atoms with Crippen LogP contribution in [0.5, 0.6) is 0 Å². The number of hydrogen-bond donors (Lipinski definition) is 0. The summed E-state index contributed by atoms with van der Waals surface area (Å²) in [5.41, 5.74) is 4.71. The molecule has 8 heteroatoms. The molecular formula is C29H26N2O6. The van der Waals surface area contributed by atoms with Gasteiger partial charge in [-0.2, -0.15) is 0 Å². The van der Waals surface area contributed by atoms with Crippen molar-refractivity contribution in [3.63, 3.8) is 0 Å². The summed E-state index contributed by atoms with van der Waals surface area (Å²) in [4.78, 5) is 57.7. The van der Waals surface area contributed by atoms with Crippen molar-refractivity contribution in [2.24, 2.45) is 0 Å². The summed E-state index contributed by atoms with van der Waals surface area (Å²) in [6, 6.07) is 21.2. The second kappa shape index (κ2) is 9.89. The largest absolute Gasteiger partial charge is 0.448 e. The minimum Gasteiger partial charge on any atom is -0.448 e. The number of carbonyl (C=O) groups excluding carboxylic acids is 4. The van der Waals surface area contributed by atoms with Gasteiger partial charge in [-0.15, -0.1) is 0 Å². The molecule has 1 aliphatic carbocycles. The van der Waals surface area contributed by atoms with Gasteiger partial charge in [0.05, 0.1) is 11.1 Å². The first-order chi connectivity index (χ1) is 17.9. The fourth-order valence-electron chi connectivity index (χ4n) is 4.97. The van der Waals surface area contributed by atoms with E-state index in [1.54, 1.807) is 12.1 Å². The van der Waals surface area contributed by atoms with Crippen molar-refractivity contribution < 1.29 is 28.8 Å². The number of fused-ring (bicyclic) bond motifs is 4. The van der Waals surface area contributed by atoms with Gasteiger partial charge in [0.25, 0.3) is 11.8 Å². The molecule has 3 aromatic rings. The molecule has 0 saturated carbocycles. The molecule has 0 N–H and O–H groups in total. The minimum absolute atomic E-state index is 0.101. The lowest BCUT2D eigenvalue weighted by molar-refractivity contribution is -0.174. The Morgan fingerprint density at radius 3 is 1.84 bits per heavy atom. The van der Waals surface area contributed by atoms with Gasteiger partial charge < -0.3 is 9.57 Å². The van der Waals surface area contributed by atoms with Crippen LogP contribution in [0.1, 0.15) is 57.5 Å². The highest BCUT2D eigenvalue weighted by atomic mass is 16.7. The highest BCUT2D eigenvalue weighted by molar-refractivity contribution is 6.20. The van der Waals surface area contributed by atoms with E-state index in [-0.39, 0.29) is 30.1 Å². The summed E-state index contributed by atoms with van der Waals surface area (Å²) in [7, 11) is 1.45. The number of rotatable bonds is 7. The fourth-order valence-corrected chi connectivity index (χ4v) is 4.97. The number of nitrogens with zero attached hydrogens (tertiary/aromatic N) is 2. The average Bonchev–Trinajstić information content (AvgIpc) is 3.37. The van der Waals surface area contributed by atoms with Crippen molar-refractivity contribution >= 4 is 23.9 Å². The van der Waals surface area contributed by atoms with E-state index in [9.17, 15) is 19.2 Å². The van der Waals surface area contributed by atoms with E-state index in [4.69, 9.17) is 9.57 Å². The summed E-state index contributed by atoms with van der Waals surface area (Å²) < 4.78 is 5.67. The molecule has 0 spiro atoms. The predicted octanol–water partition coefficient (Wildman–Crippen LogP) is 4.79. The second-order valence-corrected chi connectivity index (χ2v) is 9.08. The molecule has 0 aromatic heterocycles. The van der Waals surface area contributed by atoms with E-state index in [1.165, 1.54) is 19.2 Å². The van der Waals surface area contributed by atoms with Crippen LogP contribution < -0.4 is 0 Å². The maximum atomic E-state index is 13.0. The third kappa shape index (κ3) is 4.24. The molecule has 0 fully saturated rings. The van der Waals surface area contributed by atoms with Crippen LogP contribution in [0.15, 0.2) is 72.8 Å². The number of imide groups is 1. The molecule has 0 unspecified atom stereocenters. The van der Waals surface area contributed by atoms with Gasteiger partial charge in [-0.05, 0) is 40.8 Å². The molecule has 37 heavy (non-hydrogen) atoms. The average molecular weight is 499 g/mol. The van der Waals surface area contributed by atoms with Crippen LogP contribution in [0.2, 0.25) is 0 Å². The van der Waals surface area contributed by atoms with Gasteiger partial charge in [0, 0.05) is 13.0 Å². The Balaban J connectivity index is 1.27. The van der Waals surface area contributed by atoms with Crippen molar-refractivity contribution in [1.82, 2.24) is 9.96 Å². The zero-order chi connectivity index (χ0) is 26.1. The zero-order valence-electron chi connectivity index (χ0n) is 20.5. The van der Waals surface area contributed by atoms with E-state index in [0.29, 0.717) is 11.5 Å². The molecule has 8 nitrogen and oxygen atoms in total. The number of carbonyl (C=O) groups is 4. The Morgan fingerprint density at radius 2 is 1.32 bits per heavy atom. The Bertz CT molecular complexity index is 1320. The van der Waals surface area contributed by atoms with Gasteiger partial charge in [0.2, 0.25) is 0 Å². The van der Waals surface area contributed by atoms with E-state index in [0.717, 1.165) is 27.2 Å². The fraction of sp³-hybridized carbons (Fsp3) is 0.241. The van der Waals surface area contributed by atoms with Crippen molar-refractivity contribution in [1.29, 1.82) is 0 Å². The number of likely N-dealkylation sites (N-methyl/N-ethyl adjacent to an activating group) is 1. The Morgan fingerprint density at radius 1 is 0.838 bits per heavy atom. The number of hydroxylamine groups is 2. The van der Waals surface area contributed by atoms with Crippen molar-refractivity contribution in [3.05, 3.63) is 95.1 Å². The molecule has 1 atom stereocenters. The summed E-state index contributed by atoms with van der Waals surface area (Å²) >= 11 is 0. The number of amides is 3. The first-order valence-electron chi connectivity index (χ1n) is 12.2. The van der Waals surface area contributed by atoms with Gasteiger partial charge in [0.15, 0.2) is 0 Å². The smallest absolute Gasteiger partial charge is 0.410 e. The summed E-state index contributed by atoms with van der Waals surface area (Å²) in [6.07, 6.45) is 0.130. The number of hydrogen-bond acceptors (Lipinski definition) is 6. The third-order valence-corrected chi connectivity index (χ3v) is 6.86. The Hall–Kier alpha value is -4.46. The first kappa shape index (κ1) is 24.2. The molecule has 3 aromatic carbocycles. The van der Waals surface area contributed by atoms with Crippen LogP contribution in [-0.2, 0) is 14.4 Å². The SMILES string of the molecule is CCC[C@@H](C(=O)ON1C(=O)c2ccccc2C1=O)N(C)C(=O)OCC1c2ccccc2-c2ccccc21. The molecule has 3 amide bonds. The molecule has 0 radical (unpaired) electrons. The van der Waals surface area contributed by atoms with Crippen LogP contribution in [-0.4, -0.2) is 53.5 Å². The molecular weight excluding hydrogens is 472 g/mol. The molecule has 188 valence electrons. The Labute approximate surface area is 214 Å². The zero-order valence-corrected chi connectivity index (χ0v) is 20.5. The number of ether oxygens (including phenoxy) is 1. The van der Waals surface area contributed by atoms with Crippen molar-refractivity contribution in [2.75, 3.05) is 13.7 Å². The van der Waals surface area contributed by atoms with Crippen LogP contribution in [0, 0.1) is 0 Å². The molecule has 2 aliphatic rings. The maximum absolute atomic E-state index is 13.0. The summed E-state index contributed by atoms with van der Waals surface area (Å²) in [5, 5.41) is 0.460. The predicted molar refractivity (Wildman–Crippen MR) is 135 cm³/mol. The van der Waals surface area contributed by atoms with Crippen LogP contribution in [0.3, 0.4) is 0 Å². The van der Waals surface area contributed by atoms with Crippen LogP contribution in [0.25, 0.3) is 11.1 Å². The van der Waals surface area contributed by atoms with Gasteiger partial charge in [-0.25, -0.2) is 9.59 Å². The summed E-state index contributed by atoms with van der Waals surface area (Å²) in [5.74, 6) is -2.44. The Kier molecular flexibility index (Phi) is 6.48. The topological polar surface area (TPSA) is 93.2 Å². The van der Waals surface area contributed by atoms with Gasteiger partial charge in [-0.1, -0.05) is 79.1 Å². The minimum atomic E-state index is -1.04. The van der Waals surface area contributed by atoms with Crippen LogP contribution >= 0.6 is 0 Å². The van der Waals surface area contributed by atoms with E-state index >= 15 is 0 Å². The molecule has 1 heterocycles. The third-order valence-electron chi connectivity index (χ3n) is 6.86. The van der Waals surface area contributed by atoms with E-state index in [2.05, 4.69) is 12.1 Å². The first-order valence-corrected chi connectivity index (χ1v) is 12.2. The summed E-state index contributed by atoms with van der Waals surface area (Å²) in [6.45, 7) is 1.96. The molecule has 1 aliphatic heterocycles. The second-order valence-electron chi connectivity index (χ2n) is 9.08. The lowest BCUT2D eigenvalue weighted by atomic mass is 9.98. The van der Waals surface area contributed by atoms with E-state index in [1.807, 2.05) is 43.3 Å². The van der Waals surface area contributed by atoms with Crippen LogP contribution in [0.4, 0.5) is 4.79 Å². The monoisotopic (exact) mass is 498 g/mol. The van der Waals surface area contributed by atoms with Gasteiger partial charge in [0.1, 0.15) is 12.6 Å². The van der Waals surface area contributed by atoms with Gasteiger partial charge >= 0.3 is 12.1 Å².